The molecule has 25 heavy (non-hydrogen) atoms. The highest BCUT2D eigenvalue weighted by molar-refractivity contribution is 5.53. The Hall–Kier alpha value is -2.51. The number of oxazole rings is 1. The summed E-state index contributed by atoms with van der Waals surface area (Å²) < 4.78 is 11.2. The van der Waals surface area contributed by atoms with Crippen molar-refractivity contribution in [3.8, 4) is 11.5 Å². The lowest BCUT2D eigenvalue weighted by Crippen LogP contribution is -2.44. The van der Waals surface area contributed by atoms with Gasteiger partial charge >= 0.3 is 0 Å². The molecule has 1 unspecified atom stereocenters. The molecule has 130 valence electrons. The molecule has 1 aromatic carbocycles. The Labute approximate surface area is 146 Å². The van der Waals surface area contributed by atoms with E-state index in [9.17, 15) is 0 Å². The predicted octanol–water partition coefficient (Wildman–Crippen LogP) is 2.20. The molecular weight excluding hydrogens is 318 g/mol. The Morgan fingerprint density at radius 1 is 1.24 bits per heavy atom. The first-order valence-corrected chi connectivity index (χ1v) is 8.46. The fourth-order valence-electron chi connectivity index (χ4n) is 3.01. The molecular formula is C18H21N5O2. The van der Waals surface area contributed by atoms with Crippen molar-refractivity contribution < 1.29 is 8.94 Å². The van der Waals surface area contributed by atoms with E-state index in [1.165, 1.54) is 0 Å². The maximum absolute atomic E-state index is 5.79. The second-order valence-electron chi connectivity index (χ2n) is 6.31. The van der Waals surface area contributed by atoms with Crippen LogP contribution in [0.25, 0.3) is 11.5 Å². The van der Waals surface area contributed by atoms with Crippen LogP contribution in [0.5, 0.6) is 0 Å². The number of rotatable bonds is 4. The summed E-state index contributed by atoms with van der Waals surface area (Å²) in [6.07, 6.45) is 0.471. The minimum absolute atomic E-state index is 0.143. The van der Waals surface area contributed by atoms with Gasteiger partial charge in [-0.15, -0.1) is 0 Å². The first-order valence-electron chi connectivity index (χ1n) is 8.46. The lowest BCUT2D eigenvalue weighted by Gasteiger charge is -2.30. The summed E-state index contributed by atoms with van der Waals surface area (Å²) >= 11 is 0. The van der Waals surface area contributed by atoms with E-state index in [1.807, 2.05) is 37.3 Å². The third-order valence-corrected chi connectivity index (χ3v) is 4.52. The van der Waals surface area contributed by atoms with Crippen molar-refractivity contribution in [1.29, 1.82) is 0 Å². The van der Waals surface area contributed by atoms with Crippen LogP contribution in [-0.4, -0.2) is 46.7 Å². The summed E-state index contributed by atoms with van der Waals surface area (Å²) in [4.78, 5) is 11.4. The fraction of sp³-hybridized carbons (Fsp3) is 0.389. The third kappa shape index (κ3) is 3.33. The summed E-state index contributed by atoms with van der Waals surface area (Å²) in [5.41, 5.74) is 1.78. The van der Waals surface area contributed by atoms with Crippen LogP contribution < -0.4 is 5.32 Å². The topological polar surface area (TPSA) is 80.2 Å². The second kappa shape index (κ2) is 6.78. The SMILES string of the molecule is Cc1oc(-c2ccccc2)nc1Cc1nc(C2CNCCN2C)no1. The Morgan fingerprint density at radius 2 is 2.08 bits per heavy atom. The molecule has 0 saturated carbocycles. The van der Waals surface area contributed by atoms with Crippen LogP contribution >= 0.6 is 0 Å². The van der Waals surface area contributed by atoms with E-state index >= 15 is 0 Å². The van der Waals surface area contributed by atoms with E-state index in [0.29, 0.717) is 24.0 Å². The van der Waals surface area contributed by atoms with Crippen LogP contribution in [0.4, 0.5) is 0 Å². The number of nitrogens with zero attached hydrogens (tertiary/aromatic N) is 4. The number of nitrogens with one attached hydrogen (secondary N) is 1. The van der Waals surface area contributed by atoms with E-state index in [4.69, 9.17) is 8.94 Å². The van der Waals surface area contributed by atoms with Crippen molar-refractivity contribution in [2.75, 3.05) is 26.7 Å². The van der Waals surface area contributed by atoms with Gasteiger partial charge in [-0.3, -0.25) is 4.90 Å². The van der Waals surface area contributed by atoms with Gasteiger partial charge in [0.15, 0.2) is 5.82 Å². The van der Waals surface area contributed by atoms with Gasteiger partial charge in [0.1, 0.15) is 5.76 Å². The van der Waals surface area contributed by atoms with E-state index in [2.05, 4.69) is 32.4 Å². The molecule has 1 aliphatic heterocycles. The number of benzene rings is 1. The van der Waals surface area contributed by atoms with Gasteiger partial charge in [0.25, 0.3) is 0 Å². The zero-order valence-electron chi connectivity index (χ0n) is 14.4. The molecule has 0 amide bonds. The van der Waals surface area contributed by atoms with Gasteiger partial charge in [-0.2, -0.15) is 4.98 Å². The van der Waals surface area contributed by atoms with Gasteiger partial charge in [0.05, 0.1) is 18.2 Å². The first-order chi connectivity index (χ1) is 12.2. The quantitative estimate of drug-likeness (QED) is 0.780. The van der Waals surface area contributed by atoms with Crippen LogP contribution in [0.1, 0.15) is 29.2 Å². The van der Waals surface area contributed by atoms with E-state index in [0.717, 1.165) is 36.7 Å². The van der Waals surface area contributed by atoms with Crippen LogP contribution in [-0.2, 0) is 6.42 Å². The molecule has 1 aliphatic rings. The summed E-state index contributed by atoms with van der Waals surface area (Å²) in [7, 11) is 2.08. The summed E-state index contributed by atoms with van der Waals surface area (Å²) in [5.74, 6) is 2.67. The van der Waals surface area contributed by atoms with E-state index < -0.39 is 0 Å². The van der Waals surface area contributed by atoms with Gasteiger partial charge in [-0.1, -0.05) is 23.4 Å². The van der Waals surface area contributed by atoms with Gasteiger partial charge in [-0.25, -0.2) is 4.98 Å². The predicted molar refractivity (Wildman–Crippen MR) is 92.0 cm³/mol. The Morgan fingerprint density at radius 3 is 2.88 bits per heavy atom. The number of aromatic nitrogens is 3. The molecule has 1 saturated heterocycles. The number of aryl methyl sites for hydroxylation is 1. The molecule has 1 N–H and O–H groups in total. The van der Waals surface area contributed by atoms with Gasteiger partial charge in [0, 0.05) is 25.2 Å². The van der Waals surface area contributed by atoms with Crippen LogP contribution in [0.15, 0.2) is 39.3 Å². The molecule has 0 radical (unpaired) electrons. The average Bonchev–Trinajstić information content (AvgIpc) is 3.24. The maximum Gasteiger partial charge on any atom is 0.232 e. The minimum Gasteiger partial charge on any atom is -0.441 e. The van der Waals surface area contributed by atoms with Gasteiger partial charge in [0.2, 0.25) is 11.8 Å². The molecule has 3 aromatic rings. The van der Waals surface area contributed by atoms with Crippen LogP contribution in [0, 0.1) is 6.92 Å². The van der Waals surface area contributed by atoms with Gasteiger partial charge < -0.3 is 14.3 Å². The first kappa shape index (κ1) is 16.0. The fourth-order valence-corrected chi connectivity index (χ4v) is 3.01. The Balaban J connectivity index is 1.52. The molecule has 2 aromatic heterocycles. The number of piperazine rings is 1. The number of hydrogen-bond acceptors (Lipinski definition) is 7. The second-order valence-corrected chi connectivity index (χ2v) is 6.31. The zero-order chi connectivity index (χ0) is 17.2. The lowest BCUT2D eigenvalue weighted by atomic mass is 10.2. The Kier molecular flexibility index (Phi) is 4.33. The van der Waals surface area contributed by atoms with Crippen molar-refractivity contribution in [3.63, 3.8) is 0 Å². The summed E-state index contributed by atoms with van der Waals surface area (Å²) in [6.45, 7) is 4.69. The van der Waals surface area contributed by atoms with E-state index in [1.54, 1.807) is 0 Å². The van der Waals surface area contributed by atoms with Gasteiger partial charge in [-0.05, 0) is 26.1 Å². The van der Waals surface area contributed by atoms with Crippen molar-refractivity contribution in [2.45, 2.75) is 19.4 Å². The molecule has 1 fully saturated rings. The van der Waals surface area contributed by atoms with Crippen LogP contribution in [0.2, 0.25) is 0 Å². The van der Waals surface area contributed by atoms with Crippen molar-refractivity contribution in [1.82, 2.24) is 25.3 Å². The molecule has 0 spiro atoms. The highest BCUT2D eigenvalue weighted by atomic mass is 16.5. The average molecular weight is 339 g/mol. The zero-order valence-corrected chi connectivity index (χ0v) is 14.4. The Bertz CT molecular complexity index is 842. The lowest BCUT2D eigenvalue weighted by molar-refractivity contribution is 0.190. The van der Waals surface area contributed by atoms with E-state index in [-0.39, 0.29) is 6.04 Å². The monoisotopic (exact) mass is 339 g/mol. The van der Waals surface area contributed by atoms with Crippen LogP contribution in [0.3, 0.4) is 0 Å². The maximum atomic E-state index is 5.79. The molecule has 3 heterocycles. The molecule has 0 bridgehead atoms. The van der Waals surface area contributed by atoms with Crippen molar-refractivity contribution >= 4 is 0 Å². The molecule has 0 aliphatic carbocycles. The molecule has 7 heteroatoms. The number of likely N-dealkylation sites (N-methyl/N-ethyl adjacent to an activating group) is 1. The normalized spacial score (nSPS) is 18.6. The van der Waals surface area contributed by atoms with Crippen molar-refractivity contribution in [2.24, 2.45) is 0 Å². The molecule has 1 atom stereocenters. The highest BCUT2D eigenvalue weighted by Crippen LogP contribution is 2.23. The molecule has 4 rings (SSSR count). The smallest absolute Gasteiger partial charge is 0.232 e. The van der Waals surface area contributed by atoms with Crippen molar-refractivity contribution in [3.05, 3.63) is 53.5 Å². The third-order valence-electron chi connectivity index (χ3n) is 4.52. The summed E-state index contributed by atoms with van der Waals surface area (Å²) in [6, 6.07) is 10.0. The number of hydrogen-bond donors (Lipinski definition) is 1. The highest BCUT2D eigenvalue weighted by Gasteiger charge is 2.25. The summed E-state index contributed by atoms with van der Waals surface area (Å²) in [5, 5.41) is 7.52. The molecule has 7 nitrogen and oxygen atoms in total. The minimum atomic E-state index is 0.143. The largest absolute Gasteiger partial charge is 0.441 e. The standard InChI is InChI=1S/C18H21N5O2/c1-12-14(20-18(24-12)13-6-4-3-5-7-13)10-16-21-17(22-25-16)15-11-19-8-9-23(15)2/h3-7,15,19H,8-11H2,1-2H3.